The highest BCUT2D eigenvalue weighted by molar-refractivity contribution is 6.28. The Hall–Kier alpha value is -0.820. The fourth-order valence-corrected chi connectivity index (χ4v) is 5.85. The van der Waals surface area contributed by atoms with E-state index in [9.17, 15) is 9.59 Å². The Kier molecular flexibility index (Phi) is 8.47. The van der Waals surface area contributed by atoms with E-state index in [4.69, 9.17) is 19.6 Å². The first-order valence-corrected chi connectivity index (χ1v) is 12.2. The minimum absolute atomic E-state index is 0.0635. The molecule has 30 heavy (non-hydrogen) atoms. The maximum absolute atomic E-state index is 12.8. The number of unbranched alkanes of at least 4 members (excludes halogenated alkanes) is 4. The van der Waals surface area contributed by atoms with Gasteiger partial charge in [0.2, 0.25) is 0 Å². The quantitative estimate of drug-likeness (QED) is 0.169. The third kappa shape index (κ3) is 4.25. The molecular weight excluding hydrogens is 384 g/mol. The van der Waals surface area contributed by atoms with Crippen molar-refractivity contribution in [3.8, 4) is 0 Å². The molecule has 0 aromatic carbocycles. The highest BCUT2D eigenvalue weighted by Crippen LogP contribution is 2.65. The summed E-state index contributed by atoms with van der Waals surface area (Å²) in [5.41, 5.74) is -1.47. The first-order valence-electron chi connectivity index (χ1n) is 12.2. The molecule has 3 fully saturated rings. The summed E-state index contributed by atoms with van der Waals surface area (Å²) < 4.78 is 0. The van der Waals surface area contributed by atoms with Crippen LogP contribution in [0, 0.1) is 23.2 Å². The van der Waals surface area contributed by atoms with Crippen LogP contribution >= 0.6 is 0 Å². The van der Waals surface area contributed by atoms with Crippen LogP contribution in [0.15, 0.2) is 0 Å². The number of carbonyl (C=O) groups is 2. The molecule has 0 bridgehead atoms. The van der Waals surface area contributed by atoms with E-state index in [1.165, 1.54) is 0 Å². The molecule has 6 heteroatoms. The van der Waals surface area contributed by atoms with Crippen LogP contribution in [-0.2, 0) is 29.1 Å². The molecular formula is C24H40O6. The van der Waals surface area contributed by atoms with Gasteiger partial charge in [-0.05, 0) is 51.9 Å². The fourth-order valence-electron chi connectivity index (χ4n) is 5.85. The predicted octanol–water partition coefficient (Wildman–Crippen LogP) is 4.99. The lowest BCUT2D eigenvalue weighted by Crippen LogP contribution is -2.72. The second kappa shape index (κ2) is 10.7. The second-order valence-electron chi connectivity index (χ2n) is 9.48. The average Bonchev–Trinajstić information content (AvgIpc) is 3.12. The number of ketones is 2. The molecule has 0 aromatic rings. The van der Waals surface area contributed by atoms with Crippen LogP contribution in [-0.4, -0.2) is 37.0 Å². The van der Waals surface area contributed by atoms with Crippen LogP contribution in [0.5, 0.6) is 0 Å². The monoisotopic (exact) mass is 424 g/mol. The minimum atomic E-state index is -0.837. The molecule has 0 amide bonds. The lowest BCUT2D eigenvalue weighted by molar-refractivity contribution is -0.403. The summed E-state index contributed by atoms with van der Waals surface area (Å²) in [7, 11) is 0. The Morgan fingerprint density at radius 1 is 0.867 bits per heavy atom. The Labute approximate surface area is 181 Å². The average molecular weight is 425 g/mol. The number of hydrogen-bond acceptors (Lipinski definition) is 6. The Morgan fingerprint density at radius 3 is 2.13 bits per heavy atom. The van der Waals surface area contributed by atoms with Crippen molar-refractivity contribution in [1.82, 2.24) is 0 Å². The highest BCUT2D eigenvalue weighted by Gasteiger charge is 2.74. The van der Waals surface area contributed by atoms with E-state index in [1.807, 2.05) is 0 Å². The third-order valence-corrected chi connectivity index (χ3v) is 7.72. The van der Waals surface area contributed by atoms with Gasteiger partial charge < -0.3 is 0 Å². The van der Waals surface area contributed by atoms with Gasteiger partial charge in [-0.1, -0.05) is 39.5 Å². The number of carbonyl (C=O) groups excluding carboxylic acids is 2. The van der Waals surface area contributed by atoms with Crippen LogP contribution in [0.25, 0.3) is 0 Å². The van der Waals surface area contributed by atoms with Crippen molar-refractivity contribution in [1.29, 1.82) is 0 Å². The standard InChI is InChI=1S/C24H40O6/c1-4-6-8-15-27-29-17-19-11-10-13-24(19,30-28-16-9-7-5-2)20-12-14-23(20)21(25)18(3)22(23)26/h18-20H,4-17H2,1-3H3. The maximum atomic E-state index is 12.8. The van der Waals surface area contributed by atoms with Crippen molar-refractivity contribution in [2.45, 2.75) is 97.0 Å². The van der Waals surface area contributed by atoms with Gasteiger partial charge in [0.05, 0.1) is 31.2 Å². The van der Waals surface area contributed by atoms with Crippen molar-refractivity contribution in [2.24, 2.45) is 23.2 Å². The predicted molar refractivity (Wildman–Crippen MR) is 112 cm³/mol. The van der Waals surface area contributed by atoms with Gasteiger partial charge in [-0.2, -0.15) is 0 Å². The summed E-state index contributed by atoms with van der Waals surface area (Å²) >= 11 is 0. The Bertz CT molecular complexity index is 574. The SMILES string of the molecule is CCCCCOOCC1CCCC1(OOCCCCC)C1CCC12C(=O)C(C)C2=O. The van der Waals surface area contributed by atoms with Crippen molar-refractivity contribution in [3.63, 3.8) is 0 Å². The van der Waals surface area contributed by atoms with E-state index < -0.39 is 16.9 Å². The van der Waals surface area contributed by atoms with Crippen LogP contribution in [0.3, 0.4) is 0 Å². The van der Waals surface area contributed by atoms with Crippen molar-refractivity contribution in [2.75, 3.05) is 19.8 Å². The van der Waals surface area contributed by atoms with Crippen molar-refractivity contribution in [3.05, 3.63) is 0 Å². The molecule has 3 rings (SSSR count). The van der Waals surface area contributed by atoms with Crippen molar-refractivity contribution < 1.29 is 29.1 Å². The third-order valence-electron chi connectivity index (χ3n) is 7.72. The van der Waals surface area contributed by atoms with Gasteiger partial charge in [0.15, 0.2) is 11.6 Å². The molecule has 0 N–H and O–H groups in total. The number of hydrogen-bond donors (Lipinski definition) is 0. The summed E-state index contributed by atoms with van der Waals surface area (Å²) in [5.74, 6) is -0.314. The maximum Gasteiger partial charge on any atom is 0.157 e. The van der Waals surface area contributed by atoms with Gasteiger partial charge in [0.1, 0.15) is 5.60 Å². The molecule has 0 saturated heterocycles. The number of rotatable bonds is 14. The van der Waals surface area contributed by atoms with Crippen LogP contribution < -0.4 is 0 Å². The Morgan fingerprint density at radius 2 is 1.53 bits per heavy atom. The topological polar surface area (TPSA) is 71.1 Å². The molecule has 0 heterocycles. The summed E-state index contributed by atoms with van der Waals surface area (Å²) in [6, 6.07) is 0. The smallest absolute Gasteiger partial charge is 0.157 e. The molecule has 3 saturated carbocycles. The molecule has 172 valence electrons. The first-order chi connectivity index (χ1) is 14.5. The molecule has 3 atom stereocenters. The van der Waals surface area contributed by atoms with Gasteiger partial charge in [-0.25, -0.2) is 19.6 Å². The lowest BCUT2D eigenvalue weighted by Gasteiger charge is -2.60. The molecule has 6 nitrogen and oxygen atoms in total. The Balaban J connectivity index is 1.66. The first kappa shape index (κ1) is 23.8. The van der Waals surface area contributed by atoms with E-state index in [0.29, 0.717) is 26.2 Å². The molecule has 3 aliphatic rings. The zero-order chi connectivity index (χ0) is 21.6. The van der Waals surface area contributed by atoms with E-state index in [0.717, 1.165) is 64.2 Å². The second-order valence-corrected chi connectivity index (χ2v) is 9.48. The summed E-state index contributed by atoms with van der Waals surface area (Å²) in [6.45, 7) is 7.58. The van der Waals surface area contributed by atoms with Gasteiger partial charge in [0, 0.05) is 11.8 Å². The zero-order valence-corrected chi connectivity index (χ0v) is 19.1. The molecule has 0 aromatic heterocycles. The van der Waals surface area contributed by atoms with E-state index in [1.54, 1.807) is 6.92 Å². The van der Waals surface area contributed by atoms with Crippen LogP contribution in [0.1, 0.15) is 91.4 Å². The van der Waals surface area contributed by atoms with Gasteiger partial charge >= 0.3 is 0 Å². The number of Topliss-reactive ketones (excluding diaryl/α,β-unsaturated/α-hetero) is 2. The molecule has 1 spiro atoms. The highest BCUT2D eigenvalue weighted by atomic mass is 17.2. The van der Waals surface area contributed by atoms with Crippen LogP contribution in [0.4, 0.5) is 0 Å². The minimum Gasteiger partial charge on any atom is -0.298 e. The van der Waals surface area contributed by atoms with Gasteiger partial charge in [-0.3, -0.25) is 9.59 Å². The normalized spacial score (nSPS) is 35.6. The van der Waals surface area contributed by atoms with E-state index >= 15 is 0 Å². The molecule has 0 aliphatic heterocycles. The van der Waals surface area contributed by atoms with Gasteiger partial charge in [0.25, 0.3) is 0 Å². The molecule has 3 aliphatic carbocycles. The lowest BCUT2D eigenvalue weighted by atomic mass is 9.41. The molecule has 3 unspecified atom stereocenters. The summed E-state index contributed by atoms with van der Waals surface area (Å²) in [6.07, 6.45) is 10.6. The van der Waals surface area contributed by atoms with E-state index in [-0.39, 0.29) is 23.4 Å². The fraction of sp³-hybridized carbons (Fsp3) is 0.917. The van der Waals surface area contributed by atoms with E-state index in [2.05, 4.69) is 13.8 Å². The van der Waals surface area contributed by atoms with Crippen LogP contribution in [0.2, 0.25) is 0 Å². The molecule has 0 radical (unpaired) electrons. The zero-order valence-electron chi connectivity index (χ0n) is 19.1. The largest absolute Gasteiger partial charge is 0.298 e. The summed E-state index contributed by atoms with van der Waals surface area (Å²) in [4.78, 5) is 48.4. The van der Waals surface area contributed by atoms with Gasteiger partial charge in [-0.15, -0.1) is 0 Å². The van der Waals surface area contributed by atoms with Crippen molar-refractivity contribution >= 4 is 11.6 Å². The summed E-state index contributed by atoms with van der Waals surface area (Å²) in [5, 5.41) is 0.